The summed E-state index contributed by atoms with van der Waals surface area (Å²) in [6.45, 7) is 0.477. The minimum Gasteiger partial charge on any atom is -0.496 e. The van der Waals surface area contributed by atoms with Crippen LogP contribution in [0.1, 0.15) is 15.9 Å². The van der Waals surface area contributed by atoms with Gasteiger partial charge in [-0.05, 0) is 30.2 Å². The fourth-order valence-electron chi connectivity index (χ4n) is 2.37. The van der Waals surface area contributed by atoms with Crippen molar-refractivity contribution in [1.29, 1.82) is 0 Å². The number of ether oxygens (including phenoxy) is 3. The lowest BCUT2D eigenvalue weighted by atomic mass is 10.1. The van der Waals surface area contributed by atoms with Crippen LogP contribution in [0.25, 0.3) is 0 Å². The van der Waals surface area contributed by atoms with Crippen LogP contribution in [-0.4, -0.2) is 33.8 Å². The zero-order valence-corrected chi connectivity index (χ0v) is 14.6. The molecule has 0 aliphatic heterocycles. The van der Waals surface area contributed by atoms with Gasteiger partial charge in [-0.25, -0.2) is 0 Å². The molecule has 0 heterocycles. The molecule has 0 bridgehead atoms. The van der Waals surface area contributed by atoms with E-state index < -0.39 is 0 Å². The van der Waals surface area contributed by atoms with Gasteiger partial charge in [-0.15, -0.1) is 0 Å². The van der Waals surface area contributed by atoms with Crippen molar-refractivity contribution >= 4 is 17.5 Å². The average Bonchev–Trinajstić information content (AvgIpc) is 2.61. The molecule has 0 aliphatic carbocycles. The molecular weight excluding hydrogens is 330 g/mol. The van der Waals surface area contributed by atoms with Gasteiger partial charge in [0, 0.05) is 12.1 Å². The summed E-state index contributed by atoms with van der Waals surface area (Å²) in [5.74, 6) is 1.40. The predicted molar refractivity (Wildman–Crippen MR) is 93.6 cm³/mol. The molecule has 0 spiro atoms. The van der Waals surface area contributed by atoms with Crippen molar-refractivity contribution in [3.05, 3.63) is 52.5 Å². The summed E-state index contributed by atoms with van der Waals surface area (Å²) in [5, 5.41) is 3.19. The van der Waals surface area contributed by atoms with Crippen LogP contribution in [0, 0.1) is 0 Å². The zero-order chi connectivity index (χ0) is 17.5. The van der Waals surface area contributed by atoms with E-state index in [0.29, 0.717) is 35.1 Å². The lowest BCUT2D eigenvalue weighted by molar-refractivity contribution is 0.0953. The number of hydrogen-bond acceptors (Lipinski definition) is 4. The summed E-state index contributed by atoms with van der Waals surface area (Å²) in [6, 6.07) is 10.9. The van der Waals surface area contributed by atoms with E-state index in [1.165, 1.54) is 14.2 Å². The maximum absolute atomic E-state index is 12.3. The molecule has 6 heteroatoms. The molecule has 5 nitrogen and oxygen atoms in total. The number of methoxy groups -OCH3 is 3. The highest BCUT2D eigenvalue weighted by molar-refractivity contribution is 6.32. The molecule has 0 saturated heterocycles. The Hall–Kier alpha value is -2.40. The first-order valence-electron chi connectivity index (χ1n) is 7.42. The van der Waals surface area contributed by atoms with Crippen molar-refractivity contribution in [2.75, 3.05) is 27.9 Å². The van der Waals surface area contributed by atoms with E-state index in [1.807, 2.05) is 24.3 Å². The zero-order valence-electron chi connectivity index (χ0n) is 13.9. The number of carbonyl (C=O) groups excluding carboxylic acids is 1. The van der Waals surface area contributed by atoms with E-state index in [1.54, 1.807) is 19.2 Å². The Bertz CT molecular complexity index is 718. The highest BCUT2D eigenvalue weighted by Crippen LogP contribution is 2.35. The van der Waals surface area contributed by atoms with E-state index in [-0.39, 0.29) is 5.91 Å². The standard InChI is InChI=1S/C18H20ClNO4/c1-22-15-7-5-4-6-12(15)8-9-20-18(21)13-10-14(19)17(24-3)16(11-13)23-2/h4-7,10-11H,8-9H2,1-3H3,(H,20,21). The molecule has 0 saturated carbocycles. The first-order valence-corrected chi connectivity index (χ1v) is 7.80. The Balaban J connectivity index is 2.04. The van der Waals surface area contributed by atoms with Gasteiger partial charge in [0.1, 0.15) is 5.75 Å². The van der Waals surface area contributed by atoms with Crippen molar-refractivity contribution in [3.8, 4) is 17.2 Å². The Morgan fingerprint density at radius 2 is 1.75 bits per heavy atom. The number of para-hydroxylation sites is 1. The normalized spacial score (nSPS) is 10.2. The van der Waals surface area contributed by atoms with E-state index in [0.717, 1.165) is 11.3 Å². The number of carbonyl (C=O) groups is 1. The van der Waals surface area contributed by atoms with Gasteiger partial charge < -0.3 is 19.5 Å². The van der Waals surface area contributed by atoms with E-state index in [4.69, 9.17) is 25.8 Å². The number of rotatable bonds is 7. The third-order valence-corrected chi connectivity index (χ3v) is 3.85. The van der Waals surface area contributed by atoms with E-state index in [9.17, 15) is 4.79 Å². The maximum atomic E-state index is 12.3. The van der Waals surface area contributed by atoms with Gasteiger partial charge in [-0.2, -0.15) is 0 Å². The summed E-state index contributed by atoms with van der Waals surface area (Å²) < 4.78 is 15.7. The summed E-state index contributed by atoms with van der Waals surface area (Å²) in [5.41, 5.74) is 1.45. The number of nitrogens with one attached hydrogen (secondary N) is 1. The molecule has 0 fully saturated rings. The smallest absolute Gasteiger partial charge is 0.251 e. The Morgan fingerprint density at radius 3 is 2.42 bits per heavy atom. The lowest BCUT2D eigenvalue weighted by Crippen LogP contribution is -2.25. The monoisotopic (exact) mass is 349 g/mol. The lowest BCUT2D eigenvalue weighted by Gasteiger charge is -2.12. The molecule has 0 unspecified atom stereocenters. The molecule has 128 valence electrons. The van der Waals surface area contributed by atoms with Crippen LogP contribution >= 0.6 is 11.6 Å². The van der Waals surface area contributed by atoms with Crippen molar-refractivity contribution in [2.24, 2.45) is 0 Å². The number of amides is 1. The summed E-state index contributed by atoms with van der Waals surface area (Å²) >= 11 is 6.13. The van der Waals surface area contributed by atoms with Gasteiger partial charge >= 0.3 is 0 Å². The van der Waals surface area contributed by atoms with Crippen molar-refractivity contribution in [1.82, 2.24) is 5.32 Å². The van der Waals surface area contributed by atoms with Gasteiger partial charge in [0.05, 0.1) is 26.4 Å². The highest BCUT2D eigenvalue weighted by atomic mass is 35.5. The van der Waals surface area contributed by atoms with Crippen LogP contribution < -0.4 is 19.5 Å². The summed E-state index contributed by atoms with van der Waals surface area (Å²) in [4.78, 5) is 12.3. The third-order valence-electron chi connectivity index (χ3n) is 3.57. The van der Waals surface area contributed by atoms with Crippen molar-refractivity contribution < 1.29 is 19.0 Å². The van der Waals surface area contributed by atoms with E-state index in [2.05, 4.69) is 5.32 Å². The highest BCUT2D eigenvalue weighted by Gasteiger charge is 2.15. The SMILES string of the molecule is COc1ccccc1CCNC(=O)c1cc(Cl)c(OC)c(OC)c1. The molecule has 0 radical (unpaired) electrons. The van der Waals surface area contributed by atoms with Crippen LogP contribution in [0.3, 0.4) is 0 Å². The van der Waals surface area contributed by atoms with Crippen LogP contribution in [0.5, 0.6) is 17.2 Å². The number of hydrogen-bond donors (Lipinski definition) is 1. The maximum Gasteiger partial charge on any atom is 0.251 e. The minimum absolute atomic E-state index is 0.229. The fraction of sp³-hybridized carbons (Fsp3) is 0.278. The van der Waals surface area contributed by atoms with Crippen molar-refractivity contribution in [2.45, 2.75) is 6.42 Å². The Morgan fingerprint density at radius 1 is 1.04 bits per heavy atom. The summed E-state index contributed by atoms with van der Waals surface area (Å²) in [7, 11) is 4.62. The summed E-state index contributed by atoms with van der Waals surface area (Å²) in [6.07, 6.45) is 0.663. The predicted octanol–water partition coefficient (Wildman–Crippen LogP) is 3.34. The fourth-order valence-corrected chi connectivity index (χ4v) is 2.66. The quantitative estimate of drug-likeness (QED) is 0.833. The van der Waals surface area contributed by atoms with Gasteiger partial charge in [-0.3, -0.25) is 4.79 Å². The molecular formula is C18H20ClNO4. The van der Waals surface area contributed by atoms with Gasteiger partial charge in [0.25, 0.3) is 5.91 Å². The molecule has 2 rings (SSSR count). The molecule has 0 atom stereocenters. The molecule has 2 aromatic carbocycles. The molecule has 1 amide bonds. The Labute approximate surface area is 146 Å². The second-order valence-corrected chi connectivity index (χ2v) is 5.42. The molecule has 0 aliphatic rings. The first kappa shape index (κ1) is 17.9. The van der Waals surface area contributed by atoms with E-state index >= 15 is 0 Å². The molecule has 2 aromatic rings. The second-order valence-electron chi connectivity index (χ2n) is 5.01. The van der Waals surface area contributed by atoms with Gasteiger partial charge in [0.15, 0.2) is 11.5 Å². The molecule has 1 N–H and O–H groups in total. The average molecular weight is 350 g/mol. The van der Waals surface area contributed by atoms with Gasteiger partial charge in [0.2, 0.25) is 0 Å². The molecule has 0 aromatic heterocycles. The largest absolute Gasteiger partial charge is 0.496 e. The topological polar surface area (TPSA) is 56.8 Å². The Kier molecular flexibility index (Phi) is 6.32. The van der Waals surface area contributed by atoms with Crippen LogP contribution in [0.4, 0.5) is 0 Å². The minimum atomic E-state index is -0.229. The van der Waals surface area contributed by atoms with Gasteiger partial charge in [-0.1, -0.05) is 29.8 Å². The van der Waals surface area contributed by atoms with Crippen LogP contribution in [0.2, 0.25) is 5.02 Å². The second kappa shape index (κ2) is 8.45. The first-order chi connectivity index (χ1) is 11.6. The third kappa shape index (κ3) is 4.11. The van der Waals surface area contributed by atoms with Crippen LogP contribution in [-0.2, 0) is 6.42 Å². The van der Waals surface area contributed by atoms with Crippen molar-refractivity contribution in [3.63, 3.8) is 0 Å². The molecule has 24 heavy (non-hydrogen) atoms. The van der Waals surface area contributed by atoms with Crippen LogP contribution in [0.15, 0.2) is 36.4 Å². The number of benzene rings is 2. The number of halogens is 1.